The third-order valence-electron chi connectivity index (χ3n) is 7.58. The van der Waals surface area contributed by atoms with E-state index in [1.165, 1.54) is 12.3 Å². The summed E-state index contributed by atoms with van der Waals surface area (Å²) in [5.41, 5.74) is 1.06. The average Bonchev–Trinajstić information content (AvgIpc) is 3.78. The Bertz CT molecular complexity index is 1400. The second-order valence-corrected chi connectivity index (χ2v) is 10.4. The maximum absolute atomic E-state index is 15.2. The molecule has 2 fully saturated rings. The van der Waals surface area contributed by atoms with E-state index in [-0.39, 0.29) is 23.0 Å². The predicted octanol–water partition coefficient (Wildman–Crippen LogP) is 4.60. The monoisotopic (exact) mass is 535 g/mol. The molecule has 1 saturated heterocycles. The normalized spacial score (nSPS) is 16.0. The molecule has 0 unspecified atom stereocenters. The van der Waals surface area contributed by atoms with Gasteiger partial charge >= 0.3 is 11.9 Å². The lowest BCUT2D eigenvalue weighted by atomic mass is 10.1. The number of benzene rings is 2. The Hall–Kier alpha value is -3.72. The van der Waals surface area contributed by atoms with E-state index in [0.717, 1.165) is 57.3 Å². The van der Waals surface area contributed by atoms with Gasteiger partial charge in [-0.2, -0.15) is 0 Å². The molecule has 1 aliphatic carbocycles. The number of anilines is 1. The van der Waals surface area contributed by atoms with Gasteiger partial charge in [-0.1, -0.05) is 36.8 Å². The van der Waals surface area contributed by atoms with Gasteiger partial charge < -0.3 is 19.3 Å². The van der Waals surface area contributed by atoms with E-state index in [1.54, 1.807) is 6.07 Å². The Labute approximate surface area is 226 Å². The maximum Gasteiger partial charge on any atom is 0.341 e. The maximum atomic E-state index is 15.2. The summed E-state index contributed by atoms with van der Waals surface area (Å²) in [6.07, 6.45) is 6.37. The number of aromatic carboxylic acids is 1. The van der Waals surface area contributed by atoms with Gasteiger partial charge in [-0.3, -0.25) is 14.5 Å². The van der Waals surface area contributed by atoms with Crippen LogP contribution in [0.2, 0.25) is 0 Å². The molecular formula is C30H34FN3O5. The fourth-order valence-corrected chi connectivity index (χ4v) is 5.21. The minimum Gasteiger partial charge on any atom is -0.477 e. The number of unbranched alkanes of at least 4 members (excludes halogenated alkanes) is 2. The number of piperazine rings is 1. The van der Waals surface area contributed by atoms with E-state index in [0.29, 0.717) is 37.3 Å². The largest absolute Gasteiger partial charge is 0.477 e. The van der Waals surface area contributed by atoms with Crippen molar-refractivity contribution in [2.75, 3.05) is 37.6 Å². The highest BCUT2D eigenvalue weighted by Gasteiger charge is 2.28. The Morgan fingerprint density at radius 2 is 1.74 bits per heavy atom. The molecule has 3 aromatic rings. The van der Waals surface area contributed by atoms with Gasteiger partial charge in [0.05, 0.1) is 11.2 Å². The molecule has 0 atom stereocenters. The Balaban J connectivity index is 1.11. The first-order valence-electron chi connectivity index (χ1n) is 13.7. The van der Waals surface area contributed by atoms with Crippen LogP contribution in [0.3, 0.4) is 0 Å². The fourth-order valence-electron chi connectivity index (χ4n) is 5.21. The molecule has 2 aliphatic rings. The van der Waals surface area contributed by atoms with Crippen molar-refractivity contribution in [1.82, 2.24) is 9.47 Å². The van der Waals surface area contributed by atoms with Gasteiger partial charge in [0, 0.05) is 50.2 Å². The molecule has 1 saturated carbocycles. The summed E-state index contributed by atoms with van der Waals surface area (Å²) in [4.78, 5) is 40.6. The quantitative estimate of drug-likeness (QED) is 0.283. The standard InChI is InChI=1S/C30H34FN3O5/c31-25-17-23-26(34(22-10-11-22)19-24(29(23)36)30(37)38)18-27(25)33-15-13-32(14-16-33)12-6-2-5-9-28(35)39-20-21-7-3-1-4-8-21/h1,3-4,7-8,17-19,22H,2,5-6,9-16,20H2,(H,37,38). The summed E-state index contributed by atoms with van der Waals surface area (Å²) in [7, 11) is 0. The van der Waals surface area contributed by atoms with Crippen molar-refractivity contribution >= 4 is 28.5 Å². The van der Waals surface area contributed by atoms with Crippen molar-refractivity contribution in [3.05, 3.63) is 75.8 Å². The van der Waals surface area contributed by atoms with Crippen LogP contribution in [0.4, 0.5) is 10.1 Å². The summed E-state index contributed by atoms with van der Waals surface area (Å²) in [6, 6.07) is 12.7. The average molecular weight is 536 g/mol. The number of aromatic nitrogens is 1. The zero-order valence-electron chi connectivity index (χ0n) is 22.0. The van der Waals surface area contributed by atoms with Crippen LogP contribution in [0.25, 0.3) is 10.9 Å². The molecule has 0 radical (unpaired) electrons. The third kappa shape index (κ3) is 6.47. The van der Waals surface area contributed by atoms with Gasteiger partial charge in [0.15, 0.2) is 0 Å². The van der Waals surface area contributed by atoms with Crippen molar-refractivity contribution in [3.8, 4) is 0 Å². The molecule has 0 bridgehead atoms. The predicted molar refractivity (Wildman–Crippen MR) is 147 cm³/mol. The first-order chi connectivity index (χ1) is 18.9. The minimum absolute atomic E-state index is 0.116. The van der Waals surface area contributed by atoms with Gasteiger partial charge in [0.2, 0.25) is 5.43 Å². The van der Waals surface area contributed by atoms with E-state index in [2.05, 4.69) is 4.90 Å². The Morgan fingerprint density at radius 1 is 1.00 bits per heavy atom. The van der Waals surface area contributed by atoms with Crippen LogP contribution in [-0.4, -0.2) is 59.2 Å². The van der Waals surface area contributed by atoms with Crippen LogP contribution >= 0.6 is 0 Å². The first-order valence-corrected chi connectivity index (χ1v) is 13.7. The highest BCUT2D eigenvalue weighted by atomic mass is 19.1. The molecule has 1 aliphatic heterocycles. The van der Waals surface area contributed by atoms with Crippen LogP contribution in [0.1, 0.15) is 60.5 Å². The molecule has 206 valence electrons. The number of carbonyl (C=O) groups is 2. The molecule has 1 aromatic heterocycles. The van der Waals surface area contributed by atoms with Gasteiger partial charge in [0.1, 0.15) is 18.0 Å². The molecule has 9 heteroatoms. The smallest absolute Gasteiger partial charge is 0.341 e. The summed E-state index contributed by atoms with van der Waals surface area (Å²) in [5.74, 6) is -1.96. The van der Waals surface area contributed by atoms with Gasteiger partial charge in [0.25, 0.3) is 0 Å². The molecule has 5 rings (SSSR count). The summed E-state index contributed by atoms with van der Waals surface area (Å²) >= 11 is 0. The minimum atomic E-state index is -1.29. The number of ether oxygens (including phenoxy) is 1. The molecule has 0 spiro atoms. The topological polar surface area (TPSA) is 92.1 Å². The molecule has 1 N–H and O–H groups in total. The number of halogens is 1. The number of carbonyl (C=O) groups excluding carboxylic acids is 1. The van der Waals surface area contributed by atoms with Crippen LogP contribution < -0.4 is 10.3 Å². The second kappa shape index (κ2) is 12.0. The van der Waals surface area contributed by atoms with Crippen LogP contribution in [0.15, 0.2) is 53.5 Å². The summed E-state index contributed by atoms with van der Waals surface area (Å²) in [6.45, 7) is 4.15. The molecular weight excluding hydrogens is 501 g/mol. The van der Waals surface area contributed by atoms with Gasteiger partial charge in [-0.15, -0.1) is 0 Å². The molecule has 0 amide bonds. The van der Waals surface area contributed by atoms with Crippen molar-refractivity contribution in [3.63, 3.8) is 0 Å². The third-order valence-corrected chi connectivity index (χ3v) is 7.58. The van der Waals surface area contributed by atoms with Crippen molar-refractivity contribution in [2.24, 2.45) is 0 Å². The van der Waals surface area contributed by atoms with Crippen molar-refractivity contribution < 1.29 is 23.8 Å². The zero-order valence-corrected chi connectivity index (χ0v) is 22.0. The van der Waals surface area contributed by atoms with Gasteiger partial charge in [-0.05, 0) is 49.9 Å². The van der Waals surface area contributed by atoms with E-state index in [9.17, 15) is 19.5 Å². The molecule has 39 heavy (non-hydrogen) atoms. The number of esters is 1. The van der Waals surface area contributed by atoms with Crippen LogP contribution in [0.5, 0.6) is 0 Å². The molecule has 2 heterocycles. The number of rotatable bonds is 11. The summed E-state index contributed by atoms with van der Waals surface area (Å²) < 4.78 is 22.3. The SMILES string of the molecule is O=C(CCCCCN1CCN(c2cc3c(cc2F)c(=O)c(C(=O)O)cn3C2CC2)CC1)OCc1ccccc1. The lowest BCUT2D eigenvalue weighted by Gasteiger charge is -2.36. The van der Waals surface area contributed by atoms with Gasteiger partial charge in [-0.25, -0.2) is 9.18 Å². The highest BCUT2D eigenvalue weighted by molar-refractivity contribution is 5.93. The number of nitrogens with zero attached hydrogens (tertiary/aromatic N) is 3. The van der Waals surface area contributed by atoms with E-state index >= 15 is 4.39 Å². The number of fused-ring (bicyclic) bond motifs is 1. The van der Waals surface area contributed by atoms with Crippen LogP contribution in [-0.2, 0) is 16.1 Å². The lowest BCUT2D eigenvalue weighted by Crippen LogP contribution is -2.47. The van der Waals surface area contributed by atoms with Crippen molar-refractivity contribution in [2.45, 2.75) is 51.2 Å². The van der Waals surface area contributed by atoms with Crippen molar-refractivity contribution in [1.29, 1.82) is 0 Å². The van der Waals surface area contributed by atoms with E-state index in [4.69, 9.17) is 4.74 Å². The second-order valence-electron chi connectivity index (χ2n) is 10.4. The first kappa shape index (κ1) is 26.9. The van der Waals surface area contributed by atoms with E-state index in [1.807, 2.05) is 39.8 Å². The number of pyridine rings is 1. The highest BCUT2D eigenvalue weighted by Crippen LogP contribution is 2.38. The number of carboxylic acids is 1. The molecule has 2 aromatic carbocycles. The Morgan fingerprint density at radius 3 is 2.44 bits per heavy atom. The number of hydrogen-bond acceptors (Lipinski definition) is 6. The van der Waals surface area contributed by atoms with Crippen LogP contribution in [0, 0.1) is 5.82 Å². The number of hydrogen-bond donors (Lipinski definition) is 1. The zero-order chi connectivity index (χ0) is 27.4. The fraction of sp³-hybridized carbons (Fsp3) is 0.433. The summed E-state index contributed by atoms with van der Waals surface area (Å²) in [5, 5.41) is 9.56. The van der Waals surface area contributed by atoms with E-state index < -0.39 is 17.2 Å². The number of carboxylic acid groups (broad SMARTS) is 1. The Kier molecular flexibility index (Phi) is 8.26. The lowest BCUT2D eigenvalue weighted by molar-refractivity contribution is -0.145. The molecule has 8 nitrogen and oxygen atoms in total.